The van der Waals surface area contributed by atoms with E-state index in [4.69, 9.17) is 0 Å². The van der Waals surface area contributed by atoms with Crippen LogP contribution < -0.4 is 15.0 Å². The van der Waals surface area contributed by atoms with Crippen molar-refractivity contribution in [3.63, 3.8) is 0 Å². The van der Waals surface area contributed by atoms with Gasteiger partial charge in [0, 0.05) is 36.1 Å². The molecule has 2 heterocycles. The third kappa shape index (κ3) is 4.68. The van der Waals surface area contributed by atoms with Crippen LogP contribution in [0.2, 0.25) is 0 Å². The summed E-state index contributed by atoms with van der Waals surface area (Å²) >= 11 is 0. The molecule has 2 amide bonds. The Morgan fingerprint density at radius 3 is 2.28 bits per heavy atom. The predicted octanol–water partition coefficient (Wildman–Crippen LogP) is 5.83. The number of aromatic nitrogens is 1. The lowest BCUT2D eigenvalue weighted by Crippen LogP contribution is -2.32. The second kappa shape index (κ2) is 9.26. The summed E-state index contributed by atoms with van der Waals surface area (Å²) in [5, 5.41) is 2.55. The molecule has 0 atom stereocenters. The molecule has 0 saturated carbocycles. The summed E-state index contributed by atoms with van der Waals surface area (Å²) in [6, 6.07) is 23.0. The molecule has 1 aliphatic rings. The fourth-order valence-electron chi connectivity index (χ4n) is 4.23. The quantitative estimate of drug-likeness (QED) is 0.391. The van der Waals surface area contributed by atoms with Crippen molar-refractivity contribution in [2.45, 2.75) is 12.8 Å². The summed E-state index contributed by atoms with van der Waals surface area (Å²) in [6.07, 6.45) is -2.27. The first-order chi connectivity index (χ1) is 17.3. The first-order valence-corrected chi connectivity index (χ1v) is 11.1. The summed E-state index contributed by atoms with van der Waals surface area (Å²) in [4.78, 5) is 27.8. The maximum absolute atomic E-state index is 13.4. The first kappa shape index (κ1) is 23.2. The Labute approximate surface area is 204 Å². The molecule has 9 heteroatoms. The van der Waals surface area contributed by atoms with Crippen molar-refractivity contribution < 1.29 is 27.5 Å². The Bertz CT molecular complexity index is 1430. The summed E-state index contributed by atoms with van der Waals surface area (Å²) in [7, 11) is 0. The second-order valence-corrected chi connectivity index (χ2v) is 8.14. The summed E-state index contributed by atoms with van der Waals surface area (Å²) in [5.74, 6) is -1.56. The van der Waals surface area contributed by atoms with Gasteiger partial charge in [-0.1, -0.05) is 24.3 Å². The average Bonchev–Trinajstić information content (AvgIpc) is 3.26. The van der Waals surface area contributed by atoms with E-state index in [1.165, 1.54) is 30.3 Å². The van der Waals surface area contributed by atoms with Gasteiger partial charge in [0.15, 0.2) is 0 Å². The van der Waals surface area contributed by atoms with Crippen LogP contribution >= 0.6 is 0 Å². The van der Waals surface area contributed by atoms with Crippen LogP contribution in [-0.2, 0) is 6.42 Å². The van der Waals surface area contributed by atoms with Crippen molar-refractivity contribution in [2.24, 2.45) is 0 Å². The number of amides is 2. The Balaban J connectivity index is 1.34. The molecule has 36 heavy (non-hydrogen) atoms. The number of anilines is 2. The lowest BCUT2D eigenvalue weighted by molar-refractivity contribution is -0.274. The molecule has 0 radical (unpaired) electrons. The molecule has 0 saturated heterocycles. The molecule has 1 N–H and O–H groups in total. The van der Waals surface area contributed by atoms with Crippen molar-refractivity contribution in [2.75, 3.05) is 16.8 Å². The molecule has 5 rings (SSSR count). The zero-order valence-electron chi connectivity index (χ0n) is 18.8. The van der Waals surface area contributed by atoms with Crippen LogP contribution in [-0.4, -0.2) is 29.3 Å². The van der Waals surface area contributed by atoms with Crippen LogP contribution in [0.1, 0.15) is 26.4 Å². The Morgan fingerprint density at radius 2 is 1.53 bits per heavy atom. The molecule has 1 aromatic heterocycles. The van der Waals surface area contributed by atoms with Crippen LogP contribution in [0.5, 0.6) is 5.75 Å². The number of ether oxygens (including phenoxy) is 1. The Hall–Kier alpha value is -4.53. The number of benzene rings is 3. The summed E-state index contributed by atoms with van der Waals surface area (Å²) in [5.41, 5.74) is 3.27. The highest BCUT2D eigenvalue weighted by molar-refractivity contribution is 6.08. The maximum Gasteiger partial charge on any atom is 0.573 e. The van der Waals surface area contributed by atoms with E-state index < -0.39 is 18.0 Å². The number of carbonyl (C=O) groups excluding carboxylic acids is 2. The molecule has 0 spiro atoms. The summed E-state index contributed by atoms with van der Waals surface area (Å²) in [6.45, 7) is 0.494. The van der Waals surface area contributed by atoms with Gasteiger partial charge in [-0.05, 0) is 60.7 Å². The SMILES string of the molecule is O=C(Nc1ccc(C(=O)N2CCc3cccn3-c3ccccc32)cc1)c1ccccc1OC(F)(F)F. The smallest absolute Gasteiger partial charge is 0.405 e. The van der Waals surface area contributed by atoms with Gasteiger partial charge in [-0.15, -0.1) is 13.2 Å². The van der Waals surface area contributed by atoms with Gasteiger partial charge in [-0.3, -0.25) is 9.59 Å². The highest BCUT2D eigenvalue weighted by Crippen LogP contribution is 2.31. The van der Waals surface area contributed by atoms with Crippen molar-refractivity contribution >= 4 is 23.2 Å². The Morgan fingerprint density at radius 1 is 0.833 bits per heavy atom. The number of nitrogens with one attached hydrogen (secondary N) is 1. The molecule has 1 aliphatic heterocycles. The molecule has 0 bridgehead atoms. The molecule has 182 valence electrons. The number of hydrogen-bond donors (Lipinski definition) is 1. The fraction of sp³-hybridized carbons (Fsp3) is 0.111. The van der Waals surface area contributed by atoms with Crippen molar-refractivity contribution in [3.8, 4) is 11.4 Å². The van der Waals surface area contributed by atoms with Crippen LogP contribution in [0.3, 0.4) is 0 Å². The Kier molecular flexibility index (Phi) is 5.97. The molecule has 0 aliphatic carbocycles. The number of hydrogen-bond acceptors (Lipinski definition) is 3. The van der Waals surface area contributed by atoms with E-state index in [0.29, 0.717) is 24.2 Å². The van der Waals surface area contributed by atoms with E-state index in [0.717, 1.165) is 23.1 Å². The minimum absolute atomic E-state index is 0.199. The topological polar surface area (TPSA) is 63.6 Å². The minimum Gasteiger partial charge on any atom is -0.405 e. The zero-order chi connectivity index (χ0) is 25.3. The molecule has 0 fully saturated rings. The largest absolute Gasteiger partial charge is 0.573 e. The molecular formula is C27H20F3N3O3. The van der Waals surface area contributed by atoms with Gasteiger partial charge in [-0.2, -0.15) is 0 Å². The van der Waals surface area contributed by atoms with Gasteiger partial charge in [0.25, 0.3) is 11.8 Å². The first-order valence-electron chi connectivity index (χ1n) is 11.1. The van der Waals surface area contributed by atoms with E-state index in [9.17, 15) is 22.8 Å². The summed E-state index contributed by atoms with van der Waals surface area (Å²) < 4.78 is 44.0. The van der Waals surface area contributed by atoms with Crippen LogP contribution in [0, 0.1) is 0 Å². The number of para-hydroxylation sites is 3. The van der Waals surface area contributed by atoms with Gasteiger partial charge < -0.3 is 19.5 Å². The monoisotopic (exact) mass is 491 g/mol. The third-order valence-electron chi connectivity index (χ3n) is 5.85. The number of alkyl halides is 3. The number of carbonyl (C=O) groups is 2. The van der Waals surface area contributed by atoms with Gasteiger partial charge in [-0.25, -0.2) is 0 Å². The van der Waals surface area contributed by atoms with Crippen molar-refractivity contribution in [1.82, 2.24) is 4.57 Å². The minimum atomic E-state index is -4.92. The molecule has 0 unspecified atom stereocenters. The van der Waals surface area contributed by atoms with Gasteiger partial charge >= 0.3 is 6.36 Å². The number of nitrogens with zero attached hydrogens (tertiary/aromatic N) is 2. The molecule has 6 nitrogen and oxygen atoms in total. The normalized spacial score (nSPS) is 12.8. The van der Waals surface area contributed by atoms with Gasteiger partial charge in [0.05, 0.1) is 16.9 Å². The maximum atomic E-state index is 13.4. The van der Waals surface area contributed by atoms with Gasteiger partial charge in [0.2, 0.25) is 0 Å². The van der Waals surface area contributed by atoms with Crippen LogP contribution in [0.15, 0.2) is 91.1 Å². The van der Waals surface area contributed by atoms with Crippen molar-refractivity contribution in [1.29, 1.82) is 0 Å². The molecular weight excluding hydrogens is 471 g/mol. The molecule has 4 aromatic rings. The average molecular weight is 491 g/mol. The number of fused-ring (bicyclic) bond motifs is 3. The number of rotatable bonds is 4. The lowest BCUT2D eigenvalue weighted by Gasteiger charge is -2.23. The highest BCUT2D eigenvalue weighted by Gasteiger charge is 2.33. The van der Waals surface area contributed by atoms with Crippen molar-refractivity contribution in [3.05, 3.63) is 108 Å². The van der Waals surface area contributed by atoms with E-state index in [-0.39, 0.29) is 11.5 Å². The standard InChI is InChI=1S/C27H20F3N3O3/c28-27(29,30)36-24-10-4-1-7-21(24)25(34)31-19-13-11-18(12-14-19)26(35)33-17-15-20-6-5-16-32(20)22-8-2-3-9-23(22)33/h1-14,16H,15,17H2,(H,31,34). The molecule has 3 aromatic carbocycles. The lowest BCUT2D eigenvalue weighted by atomic mass is 10.1. The van der Waals surface area contributed by atoms with E-state index in [2.05, 4.69) is 14.6 Å². The fourth-order valence-corrected chi connectivity index (χ4v) is 4.23. The predicted molar refractivity (Wildman–Crippen MR) is 129 cm³/mol. The second-order valence-electron chi connectivity index (χ2n) is 8.14. The number of halogens is 3. The van der Waals surface area contributed by atoms with E-state index >= 15 is 0 Å². The third-order valence-corrected chi connectivity index (χ3v) is 5.85. The zero-order valence-corrected chi connectivity index (χ0v) is 18.8. The highest BCUT2D eigenvalue weighted by atomic mass is 19.4. The van der Waals surface area contributed by atoms with Gasteiger partial charge in [0.1, 0.15) is 5.75 Å². The van der Waals surface area contributed by atoms with Crippen LogP contribution in [0.25, 0.3) is 5.69 Å². The van der Waals surface area contributed by atoms with E-state index in [1.54, 1.807) is 17.0 Å². The van der Waals surface area contributed by atoms with Crippen LogP contribution in [0.4, 0.5) is 24.5 Å². The van der Waals surface area contributed by atoms with E-state index in [1.807, 2.05) is 42.6 Å².